The molecule has 2 aliphatic rings. The highest BCUT2D eigenvalue weighted by Gasteiger charge is 2.39. The van der Waals surface area contributed by atoms with Gasteiger partial charge in [0.05, 0.1) is 5.02 Å². The lowest BCUT2D eigenvalue weighted by molar-refractivity contribution is 0.0928. The van der Waals surface area contributed by atoms with Gasteiger partial charge in [0.25, 0.3) is 5.91 Å². The topological polar surface area (TPSA) is 41.1 Å². The lowest BCUT2D eigenvalue weighted by Crippen LogP contribution is -2.47. The van der Waals surface area contributed by atoms with Crippen molar-refractivity contribution in [1.82, 2.24) is 10.6 Å². The van der Waals surface area contributed by atoms with Gasteiger partial charge in [0.1, 0.15) is 0 Å². The fourth-order valence-electron chi connectivity index (χ4n) is 3.59. The van der Waals surface area contributed by atoms with Crippen LogP contribution in [0.15, 0.2) is 58.3 Å². The monoisotopic (exact) mass is 358 g/mol. The Morgan fingerprint density at radius 3 is 2.58 bits per heavy atom. The minimum absolute atomic E-state index is 0.0173. The first-order valence-electron chi connectivity index (χ1n) is 8.26. The summed E-state index contributed by atoms with van der Waals surface area (Å²) in [6.45, 7) is 1.10. The Labute approximate surface area is 151 Å². The molecule has 3 unspecified atom stereocenters. The second-order valence-electron chi connectivity index (χ2n) is 6.49. The van der Waals surface area contributed by atoms with Crippen molar-refractivity contribution in [2.45, 2.75) is 34.7 Å². The zero-order valence-corrected chi connectivity index (χ0v) is 14.7. The summed E-state index contributed by atoms with van der Waals surface area (Å²) in [7, 11) is 0. The van der Waals surface area contributed by atoms with E-state index in [1.165, 1.54) is 6.42 Å². The Bertz CT molecular complexity index is 749. The Balaban J connectivity index is 1.40. The van der Waals surface area contributed by atoms with Crippen LogP contribution < -0.4 is 10.6 Å². The molecule has 1 saturated heterocycles. The molecular formula is C19H19ClN2OS. The second kappa shape index (κ2) is 6.79. The number of rotatable bonds is 4. The minimum Gasteiger partial charge on any atom is -0.348 e. The van der Waals surface area contributed by atoms with E-state index in [9.17, 15) is 4.79 Å². The second-order valence-corrected chi connectivity index (χ2v) is 8.01. The van der Waals surface area contributed by atoms with Crippen molar-refractivity contribution in [2.24, 2.45) is 5.92 Å². The number of piperidine rings is 1. The number of amides is 1. The molecule has 0 radical (unpaired) electrons. The highest BCUT2D eigenvalue weighted by atomic mass is 35.5. The molecule has 1 aliphatic heterocycles. The molecule has 2 bridgehead atoms. The Hall–Kier alpha value is -1.49. The summed E-state index contributed by atoms with van der Waals surface area (Å²) in [5.41, 5.74) is 0.710. The third kappa shape index (κ3) is 3.32. The van der Waals surface area contributed by atoms with Crippen LogP contribution in [-0.2, 0) is 0 Å². The van der Waals surface area contributed by atoms with Gasteiger partial charge in [0, 0.05) is 27.4 Å². The van der Waals surface area contributed by atoms with Crippen LogP contribution in [0.25, 0.3) is 0 Å². The lowest BCUT2D eigenvalue weighted by atomic mass is 10.1. The van der Waals surface area contributed by atoms with Crippen molar-refractivity contribution in [3.05, 3.63) is 59.1 Å². The summed E-state index contributed by atoms with van der Waals surface area (Å²) < 4.78 is 0. The van der Waals surface area contributed by atoms with E-state index in [0.29, 0.717) is 11.6 Å². The number of benzene rings is 2. The van der Waals surface area contributed by atoms with E-state index < -0.39 is 0 Å². The minimum atomic E-state index is 0.0173. The van der Waals surface area contributed by atoms with Crippen LogP contribution in [0.3, 0.4) is 0 Å². The van der Waals surface area contributed by atoms with Crippen LogP contribution >= 0.6 is 23.4 Å². The number of carbonyl (C=O) groups is 1. The molecular weight excluding hydrogens is 340 g/mol. The van der Waals surface area contributed by atoms with Gasteiger partial charge in [0.2, 0.25) is 0 Å². The van der Waals surface area contributed by atoms with Gasteiger partial charge in [-0.3, -0.25) is 4.79 Å². The molecule has 2 aromatic carbocycles. The van der Waals surface area contributed by atoms with Crippen molar-refractivity contribution in [3.8, 4) is 0 Å². The number of nitrogens with one attached hydrogen (secondary N) is 2. The van der Waals surface area contributed by atoms with Crippen molar-refractivity contribution < 1.29 is 4.79 Å². The summed E-state index contributed by atoms with van der Waals surface area (Å²) in [5, 5.41) is 7.39. The number of halogens is 1. The summed E-state index contributed by atoms with van der Waals surface area (Å²) in [6.07, 6.45) is 2.29. The predicted molar refractivity (Wildman–Crippen MR) is 97.8 cm³/mol. The fraction of sp³-hybridized carbons (Fsp3) is 0.316. The normalized spacial score (nSPS) is 25.0. The van der Waals surface area contributed by atoms with E-state index in [4.69, 9.17) is 11.6 Å². The molecule has 4 rings (SSSR count). The number of fused-ring (bicyclic) bond motifs is 2. The smallest absolute Gasteiger partial charge is 0.251 e. The molecule has 124 valence electrons. The standard InChI is InChI=1S/C19H19ClN2OS/c20-15-3-1-2-4-18(15)24-14-7-5-13(6-8-14)19(23)22-17-10-12-9-16(17)21-11-12/h1-8,12,16-17,21H,9-11H2,(H,22,23). The molecule has 2 aromatic rings. The molecule has 3 nitrogen and oxygen atoms in total. The fourth-order valence-corrected chi connectivity index (χ4v) is 4.68. The first kappa shape index (κ1) is 16.0. The average molecular weight is 359 g/mol. The molecule has 0 aromatic heterocycles. The van der Waals surface area contributed by atoms with E-state index >= 15 is 0 Å². The number of hydrogen-bond acceptors (Lipinski definition) is 3. The number of carbonyl (C=O) groups excluding carboxylic acids is 1. The van der Waals surface area contributed by atoms with Crippen LogP contribution in [0.2, 0.25) is 5.02 Å². The molecule has 1 amide bonds. The maximum Gasteiger partial charge on any atom is 0.251 e. The maximum absolute atomic E-state index is 12.4. The molecule has 1 aliphatic carbocycles. The molecule has 5 heteroatoms. The third-order valence-corrected chi connectivity index (χ3v) is 6.35. The lowest BCUT2D eigenvalue weighted by Gasteiger charge is -2.24. The Morgan fingerprint density at radius 1 is 1.12 bits per heavy atom. The molecule has 2 fully saturated rings. The molecule has 2 N–H and O–H groups in total. The van der Waals surface area contributed by atoms with Crippen LogP contribution in [0.4, 0.5) is 0 Å². The van der Waals surface area contributed by atoms with Crippen molar-refractivity contribution in [2.75, 3.05) is 6.54 Å². The van der Waals surface area contributed by atoms with Gasteiger partial charge >= 0.3 is 0 Å². The molecule has 1 saturated carbocycles. The summed E-state index contributed by atoms with van der Waals surface area (Å²) in [6, 6.07) is 16.2. The van der Waals surface area contributed by atoms with Crippen LogP contribution in [0.1, 0.15) is 23.2 Å². The number of hydrogen-bond donors (Lipinski definition) is 2. The molecule has 1 heterocycles. The maximum atomic E-state index is 12.4. The third-order valence-electron chi connectivity index (χ3n) is 4.83. The molecule has 3 atom stereocenters. The quantitative estimate of drug-likeness (QED) is 0.868. The van der Waals surface area contributed by atoms with E-state index in [0.717, 1.165) is 33.7 Å². The van der Waals surface area contributed by atoms with Gasteiger partial charge in [0.15, 0.2) is 0 Å². The van der Waals surface area contributed by atoms with Gasteiger partial charge < -0.3 is 10.6 Å². The largest absolute Gasteiger partial charge is 0.348 e. The summed E-state index contributed by atoms with van der Waals surface area (Å²) in [5.74, 6) is 0.748. The Morgan fingerprint density at radius 2 is 1.92 bits per heavy atom. The summed E-state index contributed by atoms with van der Waals surface area (Å²) >= 11 is 7.79. The zero-order valence-electron chi connectivity index (χ0n) is 13.2. The van der Waals surface area contributed by atoms with Crippen LogP contribution in [0.5, 0.6) is 0 Å². The predicted octanol–water partition coefficient (Wildman–Crippen LogP) is 3.97. The van der Waals surface area contributed by atoms with Gasteiger partial charge in [-0.15, -0.1) is 0 Å². The van der Waals surface area contributed by atoms with E-state index in [1.807, 2.05) is 48.5 Å². The van der Waals surface area contributed by atoms with Crippen LogP contribution in [0, 0.1) is 5.92 Å². The SMILES string of the molecule is O=C(NC1CC2CNC1C2)c1ccc(Sc2ccccc2Cl)cc1. The van der Waals surface area contributed by atoms with E-state index in [1.54, 1.807) is 11.8 Å². The van der Waals surface area contributed by atoms with Gasteiger partial charge in [-0.1, -0.05) is 35.5 Å². The average Bonchev–Trinajstić information content (AvgIpc) is 3.20. The van der Waals surface area contributed by atoms with E-state index in [-0.39, 0.29) is 11.9 Å². The Kier molecular flexibility index (Phi) is 4.53. The zero-order chi connectivity index (χ0) is 16.5. The van der Waals surface area contributed by atoms with Crippen molar-refractivity contribution in [1.29, 1.82) is 0 Å². The van der Waals surface area contributed by atoms with Gasteiger partial charge in [-0.05, 0) is 61.7 Å². The van der Waals surface area contributed by atoms with E-state index in [2.05, 4.69) is 10.6 Å². The molecule has 0 spiro atoms. The van der Waals surface area contributed by atoms with Crippen molar-refractivity contribution in [3.63, 3.8) is 0 Å². The van der Waals surface area contributed by atoms with Gasteiger partial charge in [-0.2, -0.15) is 0 Å². The van der Waals surface area contributed by atoms with Crippen LogP contribution in [-0.4, -0.2) is 24.5 Å². The van der Waals surface area contributed by atoms with Gasteiger partial charge in [-0.25, -0.2) is 0 Å². The highest BCUT2D eigenvalue weighted by Crippen LogP contribution is 2.33. The summed E-state index contributed by atoms with van der Waals surface area (Å²) in [4.78, 5) is 14.5. The first-order chi connectivity index (χ1) is 11.7. The highest BCUT2D eigenvalue weighted by molar-refractivity contribution is 7.99. The molecule has 24 heavy (non-hydrogen) atoms. The van der Waals surface area contributed by atoms with Crippen molar-refractivity contribution >= 4 is 29.3 Å². The first-order valence-corrected chi connectivity index (χ1v) is 9.45.